The predicted octanol–water partition coefficient (Wildman–Crippen LogP) is 5.88. The number of nitrogens with one attached hydrogen (secondary N) is 1. The Bertz CT molecular complexity index is 1100. The molecule has 3 aromatic rings. The van der Waals surface area contributed by atoms with Gasteiger partial charge in [0.05, 0.1) is 15.9 Å². The fraction of sp³-hybridized carbons (Fsp3) is 0.273. The molecule has 0 saturated carbocycles. The number of benzene rings is 2. The first-order valence-corrected chi connectivity index (χ1v) is 10.7. The van der Waals surface area contributed by atoms with E-state index in [2.05, 4.69) is 10.1 Å². The van der Waals surface area contributed by atoms with Crippen LogP contribution >= 0.6 is 23.4 Å². The van der Waals surface area contributed by atoms with Crippen LogP contribution in [0.3, 0.4) is 0 Å². The Morgan fingerprint density at radius 3 is 2.52 bits per heavy atom. The number of H-pyrrole nitrogens is 1. The van der Waals surface area contributed by atoms with Gasteiger partial charge < -0.3 is 4.74 Å². The van der Waals surface area contributed by atoms with Crippen LogP contribution in [0.1, 0.15) is 48.8 Å². The first-order valence-electron chi connectivity index (χ1n) is 9.46. The van der Waals surface area contributed by atoms with Gasteiger partial charge in [0.2, 0.25) is 0 Å². The maximum absolute atomic E-state index is 12.6. The lowest BCUT2D eigenvalue weighted by Crippen LogP contribution is -2.13. The van der Waals surface area contributed by atoms with Gasteiger partial charge in [-0.1, -0.05) is 47.6 Å². The van der Waals surface area contributed by atoms with E-state index in [4.69, 9.17) is 16.3 Å². The van der Waals surface area contributed by atoms with Crippen molar-refractivity contribution < 1.29 is 4.74 Å². The van der Waals surface area contributed by atoms with Gasteiger partial charge in [0.15, 0.2) is 5.82 Å². The number of aliphatic imine (C=N–C) groups is 1. The molecule has 1 atom stereocenters. The van der Waals surface area contributed by atoms with Crippen LogP contribution in [-0.2, 0) is 6.61 Å². The van der Waals surface area contributed by atoms with Crippen molar-refractivity contribution in [3.05, 3.63) is 80.6 Å². The minimum atomic E-state index is -0.0865. The lowest BCUT2D eigenvalue weighted by molar-refractivity contribution is 0.306. The fourth-order valence-corrected chi connectivity index (χ4v) is 4.53. The van der Waals surface area contributed by atoms with Gasteiger partial charge in [0.25, 0.3) is 5.56 Å². The Kier molecular flexibility index (Phi) is 5.56. The highest BCUT2D eigenvalue weighted by Gasteiger charge is 2.30. The van der Waals surface area contributed by atoms with E-state index in [0.717, 1.165) is 27.7 Å². The van der Waals surface area contributed by atoms with Crippen LogP contribution in [0.4, 0.5) is 5.82 Å². The number of hydrogen-bond donors (Lipinski definition) is 1. The Labute approximate surface area is 178 Å². The third kappa shape index (κ3) is 4.14. The van der Waals surface area contributed by atoms with Gasteiger partial charge in [0.1, 0.15) is 12.4 Å². The summed E-state index contributed by atoms with van der Waals surface area (Å²) >= 11 is 7.52. The highest BCUT2D eigenvalue weighted by molar-refractivity contribution is 8.14. The number of fused-ring (bicyclic) bond motifs is 1. The van der Waals surface area contributed by atoms with Crippen molar-refractivity contribution in [1.82, 2.24) is 9.78 Å². The van der Waals surface area contributed by atoms with Gasteiger partial charge in [-0.25, -0.2) is 4.99 Å². The van der Waals surface area contributed by atoms with Crippen molar-refractivity contribution in [3.8, 4) is 5.75 Å². The molecule has 29 heavy (non-hydrogen) atoms. The molecule has 1 aromatic heterocycles. The number of halogens is 1. The minimum absolute atomic E-state index is 0.0782. The summed E-state index contributed by atoms with van der Waals surface area (Å²) in [5.74, 6) is 1.51. The van der Waals surface area contributed by atoms with Gasteiger partial charge in [-0.15, -0.1) is 0 Å². The summed E-state index contributed by atoms with van der Waals surface area (Å²) in [6, 6.07) is 15.7. The van der Waals surface area contributed by atoms with E-state index in [1.165, 1.54) is 0 Å². The summed E-state index contributed by atoms with van der Waals surface area (Å²) < 4.78 is 7.72. The van der Waals surface area contributed by atoms with Crippen LogP contribution in [-0.4, -0.2) is 14.8 Å². The second kappa shape index (κ2) is 8.13. The molecule has 1 aliphatic rings. The molecule has 5 nitrogen and oxygen atoms in total. The zero-order valence-corrected chi connectivity index (χ0v) is 18.1. The molecule has 2 aromatic carbocycles. The Balaban J connectivity index is 1.56. The number of thioether (sulfide) groups is 1. The lowest BCUT2D eigenvalue weighted by Gasteiger charge is -2.21. The number of aromatic amines is 1. The average molecular weight is 428 g/mol. The minimum Gasteiger partial charge on any atom is -0.489 e. The van der Waals surface area contributed by atoms with Crippen molar-refractivity contribution in [2.75, 3.05) is 0 Å². The maximum atomic E-state index is 12.6. The third-order valence-electron chi connectivity index (χ3n) is 4.77. The standard InChI is InChI=1S/C22H22ClN3O2S/c1-13(2)26-21-19(22(27)25-26)20(29-14(3)24-21)16-6-10-18(11-7-16)28-12-15-4-8-17(23)9-5-15/h4-11,13,20H,12H2,1-3H3,(H,25,27). The molecule has 0 amide bonds. The summed E-state index contributed by atoms with van der Waals surface area (Å²) in [6.07, 6.45) is 0. The summed E-state index contributed by atoms with van der Waals surface area (Å²) in [4.78, 5) is 17.3. The van der Waals surface area contributed by atoms with Crippen molar-refractivity contribution in [2.45, 2.75) is 38.7 Å². The van der Waals surface area contributed by atoms with Crippen molar-refractivity contribution >= 4 is 34.2 Å². The van der Waals surface area contributed by atoms with Gasteiger partial charge in [-0.2, -0.15) is 0 Å². The molecule has 150 valence electrons. The van der Waals surface area contributed by atoms with E-state index in [1.54, 1.807) is 11.8 Å². The molecular formula is C22H22ClN3O2S. The highest BCUT2D eigenvalue weighted by atomic mass is 35.5. The van der Waals surface area contributed by atoms with Crippen molar-refractivity contribution in [2.24, 2.45) is 4.99 Å². The van der Waals surface area contributed by atoms with E-state index in [1.807, 2.05) is 74.0 Å². The second-order valence-corrected chi connectivity index (χ2v) is 8.99. The Morgan fingerprint density at radius 1 is 1.17 bits per heavy atom. The summed E-state index contributed by atoms with van der Waals surface area (Å²) in [7, 11) is 0. The van der Waals surface area contributed by atoms with Gasteiger partial charge in [0, 0.05) is 11.1 Å². The zero-order chi connectivity index (χ0) is 20.5. The monoisotopic (exact) mass is 427 g/mol. The summed E-state index contributed by atoms with van der Waals surface area (Å²) in [6.45, 7) is 6.52. The molecule has 1 aliphatic heterocycles. The molecule has 0 bridgehead atoms. The smallest absolute Gasteiger partial charge is 0.271 e. The van der Waals surface area contributed by atoms with Crippen LogP contribution in [0, 0.1) is 0 Å². The average Bonchev–Trinajstić information content (AvgIpc) is 3.04. The summed E-state index contributed by atoms with van der Waals surface area (Å²) in [5, 5.41) is 4.50. The number of aromatic nitrogens is 2. The van der Waals surface area contributed by atoms with Gasteiger partial charge in [-0.3, -0.25) is 14.6 Å². The van der Waals surface area contributed by atoms with Crippen molar-refractivity contribution in [3.63, 3.8) is 0 Å². The molecule has 7 heteroatoms. The first-order chi connectivity index (χ1) is 13.9. The maximum Gasteiger partial charge on any atom is 0.271 e. The molecule has 4 rings (SSSR count). The fourth-order valence-electron chi connectivity index (χ4n) is 3.30. The second-order valence-electron chi connectivity index (χ2n) is 7.25. The number of ether oxygens (including phenoxy) is 1. The molecule has 0 aliphatic carbocycles. The van der Waals surface area contributed by atoms with Crippen LogP contribution in [0.5, 0.6) is 5.75 Å². The largest absolute Gasteiger partial charge is 0.489 e. The van der Waals surface area contributed by atoms with Crippen LogP contribution in [0.25, 0.3) is 0 Å². The number of hydrogen-bond acceptors (Lipinski definition) is 4. The highest BCUT2D eigenvalue weighted by Crippen LogP contribution is 2.44. The van der Waals surface area contributed by atoms with E-state index >= 15 is 0 Å². The first kappa shape index (κ1) is 19.9. The Morgan fingerprint density at radius 2 is 1.86 bits per heavy atom. The topological polar surface area (TPSA) is 59.4 Å². The van der Waals surface area contributed by atoms with Crippen molar-refractivity contribution in [1.29, 1.82) is 0 Å². The normalized spacial score (nSPS) is 15.9. The Hall–Kier alpha value is -2.44. The van der Waals surface area contributed by atoms with E-state index in [-0.39, 0.29) is 16.9 Å². The molecule has 1 unspecified atom stereocenters. The number of nitrogens with zero attached hydrogens (tertiary/aromatic N) is 2. The molecular weight excluding hydrogens is 406 g/mol. The van der Waals surface area contributed by atoms with Crippen LogP contribution in [0.15, 0.2) is 58.3 Å². The molecule has 0 radical (unpaired) electrons. The van der Waals surface area contributed by atoms with E-state index in [0.29, 0.717) is 17.2 Å². The molecule has 0 fully saturated rings. The number of rotatable bonds is 5. The summed E-state index contributed by atoms with van der Waals surface area (Å²) in [5.41, 5.74) is 2.74. The lowest BCUT2D eigenvalue weighted by atomic mass is 10.1. The van der Waals surface area contributed by atoms with E-state index in [9.17, 15) is 4.79 Å². The van der Waals surface area contributed by atoms with Crippen LogP contribution < -0.4 is 10.3 Å². The van der Waals surface area contributed by atoms with Crippen LogP contribution in [0.2, 0.25) is 5.02 Å². The molecule has 1 N–H and O–H groups in total. The molecule has 2 heterocycles. The SMILES string of the molecule is CC1=Nc2c(c(=O)[nH]n2C(C)C)C(c2ccc(OCc3ccc(Cl)cc3)cc2)S1. The predicted molar refractivity (Wildman–Crippen MR) is 120 cm³/mol. The zero-order valence-electron chi connectivity index (χ0n) is 16.5. The van der Waals surface area contributed by atoms with Gasteiger partial charge in [-0.05, 0) is 56.2 Å². The molecule has 0 spiro atoms. The van der Waals surface area contributed by atoms with Gasteiger partial charge >= 0.3 is 0 Å². The quantitative estimate of drug-likeness (QED) is 0.553. The molecule has 0 saturated heterocycles. The van der Waals surface area contributed by atoms with E-state index < -0.39 is 0 Å². The third-order valence-corrected chi connectivity index (χ3v) is 6.20.